The number of anilines is 1. The van der Waals surface area contributed by atoms with Crippen molar-refractivity contribution in [2.45, 2.75) is 6.92 Å². The van der Waals surface area contributed by atoms with Crippen LogP contribution in [-0.4, -0.2) is 19.1 Å². The van der Waals surface area contributed by atoms with E-state index >= 15 is 0 Å². The van der Waals surface area contributed by atoms with Crippen LogP contribution in [0.1, 0.15) is 6.92 Å². The van der Waals surface area contributed by atoms with E-state index in [1.54, 1.807) is 29.2 Å². The summed E-state index contributed by atoms with van der Waals surface area (Å²) in [5, 5.41) is 0.799. The first kappa shape index (κ1) is 15.8. The predicted molar refractivity (Wildman–Crippen MR) is 92.4 cm³/mol. The zero-order chi connectivity index (χ0) is 16.9. The number of fused-ring (bicyclic) bond motifs is 1. The Labute approximate surface area is 139 Å². The quantitative estimate of drug-likeness (QED) is 0.676. The highest BCUT2D eigenvalue weighted by molar-refractivity contribution is 5.94. The van der Waals surface area contributed by atoms with Crippen LogP contribution < -0.4 is 15.3 Å². The fraction of sp³-hybridized carbons (Fsp3) is 0.158. The molecule has 3 rings (SSSR count). The lowest BCUT2D eigenvalue weighted by Crippen LogP contribution is -2.34. The Kier molecular flexibility index (Phi) is 4.61. The van der Waals surface area contributed by atoms with Gasteiger partial charge in [-0.15, -0.1) is 0 Å². The third-order valence-corrected chi connectivity index (χ3v) is 3.64. The van der Waals surface area contributed by atoms with Crippen LogP contribution in [0.25, 0.3) is 11.0 Å². The Morgan fingerprint density at radius 3 is 2.58 bits per heavy atom. The number of likely N-dealkylation sites (N-methyl/N-ethyl adjacent to an activating group) is 1. The van der Waals surface area contributed by atoms with Crippen molar-refractivity contribution in [3.63, 3.8) is 0 Å². The number of benzene rings is 2. The molecule has 24 heavy (non-hydrogen) atoms. The van der Waals surface area contributed by atoms with Crippen molar-refractivity contribution in [1.82, 2.24) is 0 Å². The van der Waals surface area contributed by atoms with Crippen LogP contribution in [0.15, 0.2) is 69.9 Å². The zero-order valence-electron chi connectivity index (χ0n) is 13.3. The van der Waals surface area contributed by atoms with Crippen molar-refractivity contribution < 1.29 is 13.9 Å². The number of nitrogens with zero attached hydrogens (tertiary/aromatic N) is 1. The van der Waals surface area contributed by atoms with Crippen LogP contribution in [-0.2, 0) is 4.79 Å². The third kappa shape index (κ3) is 3.46. The first-order valence-electron chi connectivity index (χ1n) is 7.69. The monoisotopic (exact) mass is 323 g/mol. The minimum atomic E-state index is -0.419. The van der Waals surface area contributed by atoms with Crippen LogP contribution in [0.3, 0.4) is 0 Å². The molecule has 0 bridgehead atoms. The highest BCUT2D eigenvalue weighted by Gasteiger charge is 2.14. The number of hydrogen-bond acceptors (Lipinski definition) is 4. The highest BCUT2D eigenvalue weighted by Crippen LogP contribution is 2.20. The summed E-state index contributed by atoms with van der Waals surface area (Å²) in [4.78, 5) is 25.3. The van der Waals surface area contributed by atoms with Gasteiger partial charge >= 0.3 is 5.63 Å². The standard InChI is InChI=1S/C19H17NO4/c1-2-20(15-6-4-3-5-7-15)18(21)13-23-16-10-8-14-9-11-19(22)24-17(14)12-16/h3-12H,2,13H2,1H3. The summed E-state index contributed by atoms with van der Waals surface area (Å²) < 4.78 is 10.7. The summed E-state index contributed by atoms with van der Waals surface area (Å²) >= 11 is 0. The molecule has 0 atom stereocenters. The maximum atomic E-state index is 12.4. The van der Waals surface area contributed by atoms with Crippen molar-refractivity contribution in [2.24, 2.45) is 0 Å². The maximum Gasteiger partial charge on any atom is 0.336 e. The van der Waals surface area contributed by atoms with E-state index in [0.717, 1.165) is 11.1 Å². The van der Waals surface area contributed by atoms with Crippen LogP contribution in [0.5, 0.6) is 5.75 Å². The molecule has 0 aliphatic carbocycles. The molecular formula is C19H17NO4. The van der Waals surface area contributed by atoms with Crippen molar-refractivity contribution in [3.05, 3.63) is 71.1 Å². The van der Waals surface area contributed by atoms with E-state index in [0.29, 0.717) is 17.9 Å². The van der Waals surface area contributed by atoms with E-state index in [4.69, 9.17) is 9.15 Å². The van der Waals surface area contributed by atoms with Gasteiger partial charge in [0.05, 0.1) is 0 Å². The fourth-order valence-corrected chi connectivity index (χ4v) is 2.46. The summed E-state index contributed by atoms with van der Waals surface area (Å²) in [7, 11) is 0. The molecule has 5 nitrogen and oxygen atoms in total. The van der Waals surface area contributed by atoms with Gasteiger partial charge in [0.2, 0.25) is 0 Å². The molecule has 1 aromatic heterocycles. The predicted octanol–water partition coefficient (Wildman–Crippen LogP) is 3.22. The molecule has 0 unspecified atom stereocenters. The minimum Gasteiger partial charge on any atom is -0.484 e. The van der Waals surface area contributed by atoms with E-state index in [1.807, 2.05) is 37.3 Å². The molecular weight excluding hydrogens is 306 g/mol. The van der Waals surface area contributed by atoms with Gasteiger partial charge in [-0.1, -0.05) is 18.2 Å². The Balaban J connectivity index is 1.72. The molecule has 1 amide bonds. The topological polar surface area (TPSA) is 59.8 Å². The second-order valence-electron chi connectivity index (χ2n) is 5.22. The maximum absolute atomic E-state index is 12.4. The van der Waals surface area contributed by atoms with Gasteiger partial charge in [-0.3, -0.25) is 4.79 Å². The molecule has 0 N–H and O–H groups in total. The van der Waals surface area contributed by atoms with E-state index in [-0.39, 0.29) is 12.5 Å². The summed E-state index contributed by atoms with van der Waals surface area (Å²) in [6.07, 6.45) is 0. The molecule has 0 saturated carbocycles. The Hall–Kier alpha value is -3.08. The van der Waals surface area contributed by atoms with Crippen LogP contribution >= 0.6 is 0 Å². The zero-order valence-corrected chi connectivity index (χ0v) is 13.3. The van der Waals surface area contributed by atoms with Crippen molar-refractivity contribution in [3.8, 4) is 5.75 Å². The molecule has 0 aliphatic rings. The van der Waals surface area contributed by atoms with Crippen molar-refractivity contribution >= 4 is 22.6 Å². The smallest absolute Gasteiger partial charge is 0.336 e. The van der Waals surface area contributed by atoms with Crippen LogP contribution in [0.2, 0.25) is 0 Å². The van der Waals surface area contributed by atoms with E-state index in [2.05, 4.69) is 0 Å². The minimum absolute atomic E-state index is 0.0920. The Morgan fingerprint density at radius 2 is 1.83 bits per heavy atom. The molecule has 5 heteroatoms. The van der Waals surface area contributed by atoms with Gasteiger partial charge in [-0.25, -0.2) is 4.79 Å². The normalized spacial score (nSPS) is 10.5. The lowest BCUT2D eigenvalue weighted by Gasteiger charge is -2.21. The molecule has 2 aromatic carbocycles. The van der Waals surface area contributed by atoms with Gasteiger partial charge in [-0.05, 0) is 37.3 Å². The number of rotatable bonds is 5. The molecule has 3 aromatic rings. The average Bonchev–Trinajstić information content (AvgIpc) is 2.61. The number of amides is 1. The number of ether oxygens (including phenoxy) is 1. The molecule has 0 saturated heterocycles. The van der Waals surface area contributed by atoms with E-state index < -0.39 is 5.63 Å². The molecule has 0 aliphatic heterocycles. The lowest BCUT2D eigenvalue weighted by molar-refractivity contribution is -0.120. The summed E-state index contributed by atoms with van der Waals surface area (Å²) in [6, 6.07) is 17.6. The summed E-state index contributed by atoms with van der Waals surface area (Å²) in [5.41, 5.74) is 0.845. The first-order chi connectivity index (χ1) is 11.7. The summed E-state index contributed by atoms with van der Waals surface area (Å²) in [6.45, 7) is 2.37. The molecule has 0 radical (unpaired) electrons. The largest absolute Gasteiger partial charge is 0.484 e. The second kappa shape index (κ2) is 7.00. The number of para-hydroxylation sites is 1. The third-order valence-electron chi connectivity index (χ3n) is 3.64. The second-order valence-corrected chi connectivity index (χ2v) is 5.22. The van der Waals surface area contributed by atoms with Crippen LogP contribution in [0, 0.1) is 0 Å². The number of carbonyl (C=O) groups excluding carboxylic acids is 1. The van der Waals surface area contributed by atoms with Crippen molar-refractivity contribution in [1.29, 1.82) is 0 Å². The molecule has 0 fully saturated rings. The number of carbonyl (C=O) groups is 1. The lowest BCUT2D eigenvalue weighted by atomic mass is 10.2. The highest BCUT2D eigenvalue weighted by atomic mass is 16.5. The van der Waals surface area contributed by atoms with Gasteiger partial charge in [0.1, 0.15) is 11.3 Å². The molecule has 1 heterocycles. The summed E-state index contributed by atoms with van der Waals surface area (Å²) in [5.74, 6) is 0.340. The van der Waals surface area contributed by atoms with Gasteiger partial charge in [-0.2, -0.15) is 0 Å². The molecule has 122 valence electrons. The first-order valence-corrected chi connectivity index (χ1v) is 7.69. The molecule has 0 spiro atoms. The van der Waals surface area contributed by atoms with Crippen LogP contribution in [0.4, 0.5) is 5.69 Å². The Morgan fingerprint density at radius 1 is 1.08 bits per heavy atom. The Bertz CT molecular complexity index is 902. The SMILES string of the molecule is CCN(C(=O)COc1ccc2ccc(=O)oc2c1)c1ccccc1. The van der Waals surface area contributed by atoms with Gasteiger partial charge < -0.3 is 14.1 Å². The van der Waals surface area contributed by atoms with Gasteiger partial charge in [0, 0.05) is 29.8 Å². The number of hydrogen-bond donors (Lipinski definition) is 0. The van der Waals surface area contributed by atoms with Crippen molar-refractivity contribution in [2.75, 3.05) is 18.1 Å². The van der Waals surface area contributed by atoms with Gasteiger partial charge in [0.15, 0.2) is 6.61 Å². The fourth-order valence-electron chi connectivity index (χ4n) is 2.46. The van der Waals surface area contributed by atoms with E-state index in [9.17, 15) is 9.59 Å². The van der Waals surface area contributed by atoms with E-state index in [1.165, 1.54) is 6.07 Å². The van der Waals surface area contributed by atoms with Gasteiger partial charge in [0.25, 0.3) is 5.91 Å². The average molecular weight is 323 g/mol.